The number of amides is 1. The Morgan fingerprint density at radius 2 is 2.00 bits per heavy atom. The van der Waals surface area contributed by atoms with Crippen molar-refractivity contribution in [1.29, 1.82) is 0 Å². The molecule has 1 saturated heterocycles. The van der Waals surface area contributed by atoms with E-state index in [-0.39, 0.29) is 5.91 Å². The van der Waals surface area contributed by atoms with Gasteiger partial charge >= 0.3 is 0 Å². The van der Waals surface area contributed by atoms with Gasteiger partial charge in [-0.1, -0.05) is 6.92 Å². The third-order valence-electron chi connectivity index (χ3n) is 3.39. The lowest BCUT2D eigenvalue weighted by Crippen LogP contribution is -2.37. The van der Waals surface area contributed by atoms with Gasteiger partial charge in [0, 0.05) is 19.6 Å². The molecule has 0 unspecified atom stereocenters. The molecular weight excluding hydrogens is 176 g/mol. The quantitative estimate of drug-likeness (QED) is 0.727. The fourth-order valence-electron chi connectivity index (χ4n) is 1.94. The summed E-state index contributed by atoms with van der Waals surface area (Å²) >= 11 is 0. The van der Waals surface area contributed by atoms with Gasteiger partial charge in [-0.25, -0.2) is 0 Å². The molecule has 2 rings (SSSR count). The minimum absolute atomic E-state index is 0.284. The Balaban J connectivity index is 1.62. The van der Waals surface area contributed by atoms with Crippen LogP contribution in [-0.2, 0) is 4.79 Å². The van der Waals surface area contributed by atoms with Gasteiger partial charge in [0.15, 0.2) is 0 Å². The summed E-state index contributed by atoms with van der Waals surface area (Å²) in [5, 5.41) is 3.27. The molecule has 3 nitrogen and oxygen atoms in total. The van der Waals surface area contributed by atoms with Crippen molar-refractivity contribution < 1.29 is 4.79 Å². The fraction of sp³-hybridized carbons (Fsp3) is 0.909. The van der Waals surface area contributed by atoms with Crippen LogP contribution in [0.2, 0.25) is 0 Å². The maximum absolute atomic E-state index is 11.6. The Bertz CT molecular complexity index is 217. The Morgan fingerprint density at radius 3 is 2.57 bits per heavy atom. The second-order valence-corrected chi connectivity index (χ2v) is 5.00. The zero-order valence-corrected chi connectivity index (χ0v) is 9.01. The molecule has 80 valence electrons. The maximum Gasteiger partial charge on any atom is 0.236 e. The van der Waals surface area contributed by atoms with Crippen LogP contribution in [0.5, 0.6) is 0 Å². The van der Waals surface area contributed by atoms with Crippen molar-refractivity contribution in [3.05, 3.63) is 0 Å². The van der Waals surface area contributed by atoms with E-state index in [4.69, 9.17) is 0 Å². The summed E-state index contributed by atoms with van der Waals surface area (Å²) in [6.07, 6.45) is 5.00. The van der Waals surface area contributed by atoms with E-state index in [0.717, 1.165) is 19.6 Å². The Kier molecular flexibility index (Phi) is 2.77. The third-order valence-corrected chi connectivity index (χ3v) is 3.39. The number of carbonyl (C=O) groups excluding carboxylic acids is 1. The van der Waals surface area contributed by atoms with Crippen LogP contribution in [0.25, 0.3) is 0 Å². The topological polar surface area (TPSA) is 32.3 Å². The Hall–Kier alpha value is -0.570. The highest BCUT2D eigenvalue weighted by Gasteiger charge is 2.36. The van der Waals surface area contributed by atoms with Crippen molar-refractivity contribution in [3.8, 4) is 0 Å². The number of nitrogens with zero attached hydrogens (tertiary/aromatic N) is 1. The van der Waals surface area contributed by atoms with Crippen molar-refractivity contribution in [1.82, 2.24) is 10.2 Å². The second kappa shape index (κ2) is 3.89. The molecule has 1 amide bonds. The Labute approximate surface area is 85.8 Å². The Morgan fingerprint density at radius 1 is 1.36 bits per heavy atom. The van der Waals surface area contributed by atoms with Gasteiger partial charge in [-0.15, -0.1) is 0 Å². The molecule has 1 aliphatic carbocycles. The van der Waals surface area contributed by atoms with E-state index in [2.05, 4.69) is 12.2 Å². The van der Waals surface area contributed by atoms with E-state index in [1.807, 2.05) is 4.90 Å². The summed E-state index contributed by atoms with van der Waals surface area (Å²) in [4.78, 5) is 13.6. The highest BCUT2D eigenvalue weighted by Crippen LogP contribution is 2.43. The molecule has 1 saturated carbocycles. The molecule has 0 radical (unpaired) electrons. The minimum atomic E-state index is 0.284. The number of nitrogens with one attached hydrogen (secondary N) is 1. The van der Waals surface area contributed by atoms with Gasteiger partial charge in [0.25, 0.3) is 0 Å². The van der Waals surface area contributed by atoms with E-state index < -0.39 is 0 Å². The number of rotatable bonds is 4. The molecule has 0 aromatic rings. The van der Waals surface area contributed by atoms with Crippen molar-refractivity contribution in [2.45, 2.75) is 32.6 Å². The zero-order valence-electron chi connectivity index (χ0n) is 9.01. The summed E-state index contributed by atoms with van der Waals surface area (Å²) in [5.41, 5.74) is 0.505. The van der Waals surface area contributed by atoms with Crippen LogP contribution in [0.1, 0.15) is 32.6 Å². The zero-order chi connectivity index (χ0) is 10.0. The average Bonchev–Trinajstić information content (AvgIpc) is 2.72. The summed E-state index contributed by atoms with van der Waals surface area (Å²) in [6, 6.07) is 0. The number of likely N-dealkylation sites (tertiary alicyclic amines) is 1. The van der Waals surface area contributed by atoms with Crippen LogP contribution in [0.15, 0.2) is 0 Å². The van der Waals surface area contributed by atoms with Crippen LogP contribution in [0, 0.1) is 5.41 Å². The lowest BCUT2D eigenvalue weighted by Gasteiger charge is -2.16. The first-order valence-corrected chi connectivity index (χ1v) is 5.68. The normalized spacial score (nSPS) is 23.9. The molecule has 0 atom stereocenters. The van der Waals surface area contributed by atoms with Crippen molar-refractivity contribution in [2.24, 2.45) is 5.41 Å². The first kappa shape index (κ1) is 9.97. The van der Waals surface area contributed by atoms with E-state index >= 15 is 0 Å². The van der Waals surface area contributed by atoms with Crippen LogP contribution < -0.4 is 5.32 Å². The van der Waals surface area contributed by atoms with Gasteiger partial charge in [-0.2, -0.15) is 0 Å². The number of carbonyl (C=O) groups is 1. The molecule has 1 heterocycles. The number of hydrogen-bond acceptors (Lipinski definition) is 2. The molecule has 2 fully saturated rings. The van der Waals surface area contributed by atoms with Crippen LogP contribution in [0.4, 0.5) is 0 Å². The summed E-state index contributed by atoms with van der Waals surface area (Å²) in [5.74, 6) is 0.284. The molecule has 2 aliphatic rings. The summed E-state index contributed by atoms with van der Waals surface area (Å²) < 4.78 is 0. The molecule has 0 spiro atoms. The third kappa shape index (κ3) is 2.47. The smallest absolute Gasteiger partial charge is 0.236 e. The second-order valence-electron chi connectivity index (χ2n) is 5.00. The van der Waals surface area contributed by atoms with Crippen LogP contribution in [-0.4, -0.2) is 37.0 Å². The maximum atomic E-state index is 11.6. The summed E-state index contributed by atoms with van der Waals surface area (Å²) in [6.45, 7) is 5.76. The molecule has 1 N–H and O–H groups in total. The predicted molar refractivity (Wildman–Crippen MR) is 56.0 cm³/mol. The van der Waals surface area contributed by atoms with Gasteiger partial charge in [-0.3, -0.25) is 4.79 Å². The van der Waals surface area contributed by atoms with Crippen molar-refractivity contribution in [3.63, 3.8) is 0 Å². The lowest BCUT2D eigenvalue weighted by molar-refractivity contribution is -0.129. The highest BCUT2D eigenvalue weighted by molar-refractivity contribution is 5.78. The first-order chi connectivity index (χ1) is 6.70. The molecule has 0 aromatic heterocycles. The van der Waals surface area contributed by atoms with E-state index in [9.17, 15) is 4.79 Å². The molecule has 0 bridgehead atoms. The fourth-order valence-corrected chi connectivity index (χ4v) is 1.94. The highest BCUT2D eigenvalue weighted by atomic mass is 16.2. The first-order valence-electron chi connectivity index (χ1n) is 5.68. The SMILES string of the molecule is CC1(CNCC(=O)N2CCCC2)CC1. The molecule has 1 aliphatic heterocycles. The monoisotopic (exact) mass is 196 g/mol. The van der Waals surface area contributed by atoms with E-state index in [1.165, 1.54) is 25.7 Å². The van der Waals surface area contributed by atoms with Crippen LogP contribution in [0.3, 0.4) is 0 Å². The predicted octanol–water partition coefficient (Wildman–Crippen LogP) is 0.998. The van der Waals surface area contributed by atoms with Crippen molar-refractivity contribution >= 4 is 5.91 Å². The standard InChI is InChI=1S/C11H20N2O/c1-11(4-5-11)9-12-8-10(14)13-6-2-3-7-13/h12H,2-9H2,1H3. The average molecular weight is 196 g/mol. The molecule has 14 heavy (non-hydrogen) atoms. The van der Waals surface area contributed by atoms with Crippen LogP contribution >= 0.6 is 0 Å². The van der Waals surface area contributed by atoms with Gasteiger partial charge in [0.2, 0.25) is 5.91 Å². The van der Waals surface area contributed by atoms with Gasteiger partial charge in [-0.05, 0) is 31.1 Å². The van der Waals surface area contributed by atoms with Gasteiger partial charge in [0.05, 0.1) is 6.54 Å². The minimum Gasteiger partial charge on any atom is -0.342 e. The molecule has 3 heteroatoms. The van der Waals surface area contributed by atoms with E-state index in [0.29, 0.717) is 12.0 Å². The summed E-state index contributed by atoms with van der Waals surface area (Å²) in [7, 11) is 0. The van der Waals surface area contributed by atoms with Crippen molar-refractivity contribution in [2.75, 3.05) is 26.2 Å². The van der Waals surface area contributed by atoms with Gasteiger partial charge in [0.1, 0.15) is 0 Å². The van der Waals surface area contributed by atoms with Gasteiger partial charge < -0.3 is 10.2 Å². The lowest BCUT2D eigenvalue weighted by atomic mass is 10.1. The number of hydrogen-bond donors (Lipinski definition) is 1. The largest absolute Gasteiger partial charge is 0.342 e. The van der Waals surface area contributed by atoms with E-state index in [1.54, 1.807) is 0 Å². The molecule has 0 aromatic carbocycles. The molecular formula is C11H20N2O.